The van der Waals surface area contributed by atoms with Crippen molar-refractivity contribution in [3.05, 3.63) is 0 Å². The Morgan fingerprint density at radius 3 is 2.20 bits per heavy atom. The number of nitrogens with two attached hydrogens (primary N) is 1. The summed E-state index contributed by atoms with van der Waals surface area (Å²) in [4.78, 5) is 4.61. The van der Waals surface area contributed by atoms with Gasteiger partial charge in [0.15, 0.2) is 0 Å². The van der Waals surface area contributed by atoms with Crippen LogP contribution in [0.1, 0.15) is 34.1 Å². The van der Waals surface area contributed by atoms with Crippen LogP contribution in [0.5, 0.6) is 0 Å². The highest BCUT2D eigenvalue weighted by Crippen LogP contribution is 2.24. The van der Waals surface area contributed by atoms with Gasteiger partial charge in [-0.05, 0) is 17.8 Å². The van der Waals surface area contributed by atoms with E-state index in [1.165, 1.54) is 0 Å². The van der Waals surface area contributed by atoms with Gasteiger partial charge in [-0.15, -0.1) is 0 Å². The van der Waals surface area contributed by atoms with Crippen LogP contribution in [-0.2, 0) is 4.84 Å². The SMILES string of the molecule is CC(C)CC(C)(C)CON. The van der Waals surface area contributed by atoms with Crippen LogP contribution in [0.25, 0.3) is 0 Å². The number of rotatable bonds is 4. The van der Waals surface area contributed by atoms with Crippen molar-refractivity contribution in [1.29, 1.82) is 0 Å². The van der Waals surface area contributed by atoms with Gasteiger partial charge in [0.2, 0.25) is 0 Å². The molecule has 0 aromatic heterocycles. The van der Waals surface area contributed by atoms with E-state index in [1.54, 1.807) is 0 Å². The first kappa shape index (κ1) is 9.92. The number of hydrogen-bond acceptors (Lipinski definition) is 2. The molecule has 0 aromatic rings. The van der Waals surface area contributed by atoms with Crippen molar-refractivity contribution in [3.63, 3.8) is 0 Å². The molecule has 0 saturated heterocycles. The monoisotopic (exact) mass is 145 g/mol. The molecule has 0 radical (unpaired) electrons. The van der Waals surface area contributed by atoms with E-state index in [2.05, 4.69) is 32.5 Å². The third-order valence-corrected chi connectivity index (χ3v) is 1.43. The molecule has 2 nitrogen and oxygen atoms in total. The smallest absolute Gasteiger partial charge is 0.0730 e. The van der Waals surface area contributed by atoms with Gasteiger partial charge in [-0.3, -0.25) is 0 Å². The van der Waals surface area contributed by atoms with E-state index >= 15 is 0 Å². The summed E-state index contributed by atoms with van der Waals surface area (Å²) in [5.41, 5.74) is 0.225. The van der Waals surface area contributed by atoms with Crippen molar-refractivity contribution in [3.8, 4) is 0 Å². The summed E-state index contributed by atoms with van der Waals surface area (Å²) >= 11 is 0. The summed E-state index contributed by atoms with van der Waals surface area (Å²) in [6.07, 6.45) is 1.16. The fraction of sp³-hybridized carbons (Fsp3) is 1.00. The summed E-state index contributed by atoms with van der Waals surface area (Å²) in [5, 5.41) is 0. The van der Waals surface area contributed by atoms with E-state index in [9.17, 15) is 0 Å². The molecule has 0 heterocycles. The molecule has 0 aliphatic rings. The van der Waals surface area contributed by atoms with Crippen molar-refractivity contribution < 1.29 is 4.84 Å². The topological polar surface area (TPSA) is 35.2 Å². The van der Waals surface area contributed by atoms with Crippen molar-refractivity contribution in [2.24, 2.45) is 17.2 Å². The van der Waals surface area contributed by atoms with Gasteiger partial charge in [-0.25, -0.2) is 5.90 Å². The minimum absolute atomic E-state index is 0.225. The zero-order chi connectivity index (χ0) is 8.20. The Bertz CT molecular complexity index is 89.3. The Balaban J connectivity index is 3.63. The highest BCUT2D eigenvalue weighted by atomic mass is 16.6. The summed E-state index contributed by atoms with van der Waals surface area (Å²) in [6.45, 7) is 9.39. The Hall–Kier alpha value is -0.0800. The van der Waals surface area contributed by atoms with Crippen LogP contribution in [0.15, 0.2) is 0 Å². The molecule has 0 aliphatic heterocycles. The van der Waals surface area contributed by atoms with E-state index < -0.39 is 0 Å². The van der Waals surface area contributed by atoms with Gasteiger partial charge in [0.05, 0.1) is 6.61 Å². The Morgan fingerprint density at radius 2 is 1.90 bits per heavy atom. The van der Waals surface area contributed by atoms with Gasteiger partial charge in [0, 0.05) is 0 Å². The van der Waals surface area contributed by atoms with Crippen LogP contribution in [-0.4, -0.2) is 6.61 Å². The molecule has 0 rings (SSSR count). The lowest BCUT2D eigenvalue weighted by Gasteiger charge is -2.24. The zero-order valence-electron chi connectivity index (χ0n) is 7.48. The Labute approximate surface area is 63.7 Å². The first-order valence-electron chi connectivity index (χ1n) is 3.79. The van der Waals surface area contributed by atoms with Crippen LogP contribution in [0.3, 0.4) is 0 Å². The van der Waals surface area contributed by atoms with Crippen molar-refractivity contribution in [2.45, 2.75) is 34.1 Å². The molecule has 62 valence electrons. The summed E-state index contributed by atoms with van der Waals surface area (Å²) in [7, 11) is 0. The van der Waals surface area contributed by atoms with Crippen LogP contribution >= 0.6 is 0 Å². The maximum absolute atomic E-state index is 4.99. The van der Waals surface area contributed by atoms with Crippen molar-refractivity contribution >= 4 is 0 Å². The summed E-state index contributed by atoms with van der Waals surface area (Å²) < 4.78 is 0. The molecule has 10 heavy (non-hydrogen) atoms. The van der Waals surface area contributed by atoms with Crippen LogP contribution in [0, 0.1) is 11.3 Å². The fourth-order valence-electron chi connectivity index (χ4n) is 1.39. The third-order valence-electron chi connectivity index (χ3n) is 1.43. The van der Waals surface area contributed by atoms with Gasteiger partial charge < -0.3 is 4.84 Å². The van der Waals surface area contributed by atoms with Gasteiger partial charge in [0.1, 0.15) is 0 Å². The summed E-state index contributed by atoms with van der Waals surface area (Å²) in [5.74, 6) is 5.70. The predicted molar refractivity (Wildman–Crippen MR) is 43.4 cm³/mol. The van der Waals surface area contributed by atoms with Crippen molar-refractivity contribution in [1.82, 2.24) is 0 Å². The lowest BCUT2D eigenvalue weighted by Crippen LogP contribution is -2.23. The van der Waals surface area contributed by atoms with Crippen LogP contribution in [0.4, 0.5) is 0 Å². The normalized spacial score (nSPS) is 12.6. The maximum Gasteiger partial charge on any atom is 0.0730 e. The molecule has 0 aliphatic carbocycles. The van der Waals surface area contributed by atoms with Gasteiger partial charge in [-0.2, -0.15) is 0 Å². The van der Waals surface area contributed by atoms with E-state index in [0.29, 0.717) is 12.5 Å². The standard InChI is InChI=1S/C8H19NO/c1-7(2)5-8(3,4)6-10-9/h7H,5-6,9H2,1-4H3. The average Bonchev–Trinajstić information content (AvgIpc) is 1.59. The van der Waals surface area contributed by atoms with Crippen LogP contribution < -0.4 is 5.90 Å². The van der Waals surface area contributed by atoms with E-state index in [4.69, 9.17) is 5.90 Å². The molecule has 0 spiro atoms. The first-order chi connectivity index (χ1) is 4.48. The molecule has 2 N–H and O–H groups in total. The highest BCUT2D eigenvalue weighted by molar-refractivity contribution is 4.68. The van der Waals surface area contributed by atoms with E-state index in [0.717, 1.165) is 6.42 Å². The molecule has 2 heteroatoms. The molecule has 0 unspecified atom stereocenters. The first-order valence-corrected chi connectivity index (χ1v) is 3.79. The molecule has 0 fully saturated rings. The van der Waals surface area contributed by atoms with Crippen LogP contribution in [0.2, 0.25) is 0 Å². The number of hydrogen-bond donors (Lipinski definition) is 1. The lowest BCUT2D eigenvalue weighted by atomic mass is 9.85. The Kier molecular flexibility index (Phi) is 3.91. The van der Waals surface area contributed by atoms with Gasteiger partial charge >= 0.3 is 0 Å². The van der Waals surface area contributed by atoms with E-state index in [-0.39, 0.29) is 5.41 Å². The molecule has 0 bridgehead atoms. The molecule has 0 aromatic carbocycles. The highest BCUT2D eigenvalue weighted by Gasteiger charge is 2.18. The molecule has 0 atom stereocenters. The summed E-state index contributed by atoms with van der Waals surface area (Å²) in [6, 6.07) is 0. The van der Waals surface area contributed by atoms with E-state index in [1.807, 2.05) is 0 Å². The molecular weight excluding hydrogens is 126 g/mol. The lowest BCUT2D eigenvalue weighted by molar-refractivity contribution is 0.0514. The van der Waals surface area contributed by atoms with Crippen molar-refractivity contribution in [2.75, 3.05) is 6.61 Å². The fourth-order valence-corrected chi connectivity index (χ4v) is 1.39. The minimum atomic E-state index is 0.225. The van der Waals surface area contributed by atoms with Gasteiger partial charge in [-0.1, -0.05) is 27.7 Å². The quantitative estimate of drug-likeness (QED) is 0.614. The molecular formula is C8H19NO. The largest absolute Gasteiger partial charge is 0.304 e. The maximum atomic E-state index is 4.99. The zero-order valence-corrected chi connectivity index (χ0v) is 7.48. The second-order valence-corrected chi connectivity index (χ2v) is 4.07. The predicted octanol–water partition coefficient (Wildman–Crippen LogP) is 1.95. The Morgan fingerprint density at radius 1 is 1.40 bits per heavy atom. The molecule has 0 amide bonds. The average molecular weight is 145 g/mol. The second-order valence-electron chi connectivity index (χ2n) is 4.07. The minimum Gasteiger partial charge on any atom is -0.304 e. The second kappa shape index (κ2) is 3.94. The third kappa shape index (κ3) is 4.77. The van der Waals surface area contributed by atoms with Gasteiger partial charge in [0.25, 0.3) is 0 Å². The molecule has 0 saturated carbocycles.